The molecule has 2 aromatic rings. The molecule has 0 saturated heterocycles. The van der Waals surface area contributed by atoms with Gasteiger partial charge in [0.1, 0.15) is 0 Å². The molecule has 0 spiro atoms. The minimum Gasteiger partial charge on any atom is -0.344 e. The lowest BCUT2D eigenvalue weighted by Gasteiger charge is -2.29. The molecule has 1 aliphatic rings. The van der Waals surface area contributed by atoms with Crippen LogP contribution in [0.3, 0.4) is 0 Å². The van der Waals surface area contributed by atoms with Crippen LogP contribution in [0, 0.1) is 6.92 Å². The van der Waals surface area contributed by atoms with E-state index in [1.165, 1.54) is 24.3 Å². The number of rotatable bonds is 7. The predicted molar refractivity (Wildman–Crippen MR) is 143 cm³/mol. The molecule has 194 valence electrons. The van der Waals surface area contributed by atoms with Crippen LogP contribution in [0.25, 0.3) is 0 Å². The molecule has 1 heterocycles. The number of anilines is 1. The average molecular weight is 532 g/mol. The molecule has 2 aromatic carbocycles. The first-order chi connectivity index (χ1) is 16.4. The summed E-state index contributed by atoms with van der Waals surface area (Å²) in [5, 5.41) is 0. The lowest BCUT2D eigenvalue weighted by Crippen LogP contribution is -2.25. The van der Waals surface area contributed by atoms with E-state index in [2.05, 4.69) is 11.5 Å². The third kappa shape index (κ3) is 5.06. The second-order valence-corrected chi connectivity index (χ2v) is 12.9. The van der Waals surface area contributed by atoms with Gasteiger partial charge >= 0.3 is 0 Å². The number of benzene rings is 2. The Kier molecular flexibility index (Phi) is 7.20. The van der Waals surface area contributed by atoms with Gasteiger partial charge in [-0.3, -0.25) is 9.11 Å². The first kappa shape index (κ1) is 27.9. The van der Waals surface area contributed by atoms with Gasteiger partial charge in [-0.1, -0.05) is 52.5 Å². The van der Waals surface area contributed by atoms with Crippen molar-refractivity contribution in [3.8, 4) is 0 Å². The van der Waals surface area contributed by atoms with Gasteiger partial charge in [-0.2, -0.15) is 16.8 Å². The number of allylic oxidation sites excluding steroid dienone is 5. The van der Waals surface area contributed by atoms with Crippen LogP contribution in [-0.2, 0) is 31.1 Å². The Hall–Kier alpha value is -2.72. The van der Waals surface area contributed by atoms with E-state index < -0.39 is 31.1 Å². The van der Waals surface area contributed by atoms with Gasteiger partial charge in [0.25, 0.3) is 20.2 Å². The minimum atomic E-state index is -4.33. The summed E-state index contributed by atoms with van der Waals surface area (Å²) in [6.07, 6.45) is 5.70. The molecule has 36 heavy (non-hydrogen) atoms. The van der Waals surface area contributed by atoms with Crippen LogP contribution >= 0.6 is 0 Å². The Balaban J connectivity index is 1.98. The van der Waals surface area contributed by atoms with Crippen LogP contribution < -0.4 is 4.90 Å². The quantitative estimate of drug-likeness (QED) is 0.354. The lowest BCUT2D eigenvalue weighted by atomic mass is 9.76. The Labute approximate surface area is 214 Å². The van der Waals surface area contributed by atoms with Crippen LogP contribution in [0.5, 0.6) is 0 Å². The maximum Gasteiger partial charge on any atom is 0.294 e. The van der Waals surface area contributed by atoms with Crippen molar-refractivity contribution in [3.63, 3.8) is 0 Å². The molecule has 0 aromatic heterocycles. The molecule has 2 N–H and O–H groups in total. The maximum absolute atomic E-state index is 11.7. The first-order valence-electron chi connectivity index (χ1n) is 11.5. The molecule has 0 saturated carbocycles. The monoisotopic (exact) mass is 531 g/mol. The van der Waals surface area contributed by atoms with Crippen LogP contribution in [0.1, 0.15) is 51.3 Å². The highest BCUT2D eigenvalue weighted by Gasteiger charge is 2.40. The van der Waals surface area contributed by atoms with Gasteiger partial charge in [-0.15, -0.1) is 0 Å². The fourth-order valence-corrected chi connectivity index (χ4v) is 5.74. The van der Waals surface area contributed by atoms with Crippen LogP contribution in [-0.4, -0.2) is 32.5 Å². The van der Waals surface area contributed by atoms with Gasteiger partial charge in [-0.25, -0.2) is 0 Å². The summed E-state index contributed by atoms with van der Waals surface area (Å²) in [4.78, 5) is 1.80. The van der Waals surface area contributed by atoms with Crippen LogP contribution in [0.4, 0.5) is 5.69 Å². The summed E-state index contributed by atoms with van der Waals surface area (Å²) in [5.41, 5.74) is 3.85. The number of aryl methyl sites for hydroxylation is 1. The van der Waals surface area contributed by atoms with E-state index in [0.717, 1.165) is 33.6 Å². The van der Waals surface area contributed by atoms with Gasteiger partial charge in [0.2, 0.25) is 0 Å². The average Bonchev–Trinajstić information content (AvgIpc) is 2.98. The van der Waals surface area contributed by atoms with Crippen molar-refractivity contribution >= 4 is 25.9 Å². The summed E-state index contributed by atoms with van der Waals surface area (Å²) in [7, 11) is -8.65. The molecule has 3 rings (SSSR count). The predicted octanol–water partition coefficient (Wildman–Crippen LogP) is 5.58. The minimum absolute atomic E-state index is 0.139. The number of hydrogen-bond acceptors (Lipinski definition) is 5. The van der Waals surface area contributed by atoms with Gasteiger partial charge < -0.3 is 4.90 Å². The molecule has 0 aliphatic carbocycles. The standard InChI is InChI=1S/C27H33NO6S2/c1-8-28-24-15-14-21(36(32,33)34)17-23(24)27(6,7)25(28)11-9-10-19(3)26(4,5)22-16-20(35(29,30)31)13-12-18(22)2/h9-17H,3,8H2,1-2,4-7H3,(H,29,30,31)(H,32,33,34)/b10-9+,25-11+. The molecule has 0 bridgehead atoms. The molecule has 0 amide bonds. The fourth-order valence-electron chi connectivity index (χ4n) is 4.73. The van der Waals surface area contributed by atoms with E-state index >= 15 is 0 Å². The second-order valence-electron chi connectivity index (χ2n) is 10.0. The SMILES string of the molecule is C=C(/C=C/C=C1/N(CC)c2ccc(S(=O)(=O)O)cc2C1(C)C)C(C)(C)c1cc(S(=O)(=O)O)ccc1C. The fraction of sp³-hybridized carbons (Fsp3) is 0.333. The zero-order chi connectivity index (χ0) is 27.3. The van der Waals surface area contributed by atoms with Gasteiger partial charge in [0.05, 0.1) is 9.79 Å². The second kappa shape index (κ2) is 9.30. The highest BCUT2D eigenvalue weighted by atomic mass is 32.2. The zero-order valence-electron chi connectivity index (χ0n) is 21.4. The van der Waals surface area contributed by atoms with Crippen molar-refractivity contribution in [2.75, 3.05) is 11.4 Å². The molecule has 0 unspecified atom stereocenters. The number of hydrogen-bond donors (Lipinski definition) is 2. The van der Waals surface area contributed by atoms with E-state index in [1.807, 2.05) is 59.8 Å². The highest BCUT2D eigenvalue weighted by Crippen LogP contribution is 2.48. The molecular weight excluding hydrogens is 498 g/mol. The Morgan fingerprint density at radius 3 is 2.14 bits per heavy atom. The summed E-state index contributed by atoms with van der Waals surface area (Å²) < 4.78 is 65.7. The van der Waals surface area contributed by atoms with Crippen molar-refractivity contribution in [1.82, 2.24) is 0 Å². The molecule has 1 aliphatic heterocycles. The Morgan fingerprint density at radius 2 is 1.58 bits per heavy atom. The van der Waals surface area contributed by atoms with Gasteiger partial charge in [-0.05, 0) is 72.5 Å². The van der Waals surface area contributed by atoms with E-state index in [0.29, 0.717) is 6.54 Å². The van der Waals surface area contributed by atoms with Crippen molar-refractivity contribution in [2.24, 2.45) is 0 Å². The van der Waals surface area contributed by atoms with E-state index in [9.17, 15) is 25.9 Å². The summed E-state index contributed by atoms with van der Waals surface area (Å²) in [5.74, 6) is 0. The molecule has 0 fully saturated rings. The summed E-state index contributed by atoms with van der Waals surface area (Å²) in [6, 6.07) is 9.15. The maximum atomic E-state index is 11.7. The Morgan fingerprint density at radius 1 is 1.03 bits per heavy atom. The summed E-state index contributed by atoms with van der Waals surface area (Å²) >= 11 is 0. The largest absolute Gasteiger partial charge is 0.344 e. The molecule has 0 atom stereocenters. The molecular formula is C27H33NO6S2. The van der Waals surface area contributed by atoms with Crippen molar-refractivity contribution in [3.05, 3.63) is 89.2 Å². The van der Waals surface area contributed by atoms with Crippen molar-refractivity contribution < 1.29 is 25.9 Å². The lowest BCUT2D eigenvalue weighted by molar-refractivity contribution is 0.480. The first-order valence-corrected chi connectivity index (χ1v) is 14.4. The highest BCUT2D eigenvalue weighted by molar-refractivity contribution is 7.86. The van der Waals surface area contributed by atoms with E-state index in [-0.39, 0.29) is 9.79 Å². The summed E-state index contributed by atoms with van der Waals surface area (Å²) in [6.45, 7) is 16.6. The smallest absolute Gasteiger partial charge is 0.294 e. The normalized spacial score (nSPS) is 17.1. The Bertz CT molecular complexity index is 1500. The topological polar surface area (TPSA) is 112 Å². The van der Waals surface area contributed by atoms with Crippen molar-refractivity contribution in [1.29, 1.82) is 0 Å². The molecule has 7 nitrogen and oxygen atoms in total. The van der Waals surface area contributed by atoms with E-state index in [1.54, 1.807) is 12.1 Å². The third-order valence-electron chi connectivity index (χ3n) is 7.01. The van der Waals surface area contributed by atoms with Crippen molar-refractivity contribution in [2.45, 2.75) is 62.2 Å². The number of nitrogens with zero attached hydrogens (tertiary/aromatic N) is 1. The van der Waals surface area contributed by atoms with E-state index in [4.69, 9.17) is 0 Å². The molecule has 0 radical (unpaired) electrons. The zero-order valence-corrected chi connectivity index (χ0v) is 23.0. The number of fused-ring (bicyclic) bond motifs is 1. The third-order valence-corrected chi connectivity index (χ3v) is 8.71. The molecule has 9 heteroatoms. The number of likely N-dealkylation sites (N-methyl/N-ethyl adjacent to an activating group) is 1. The van der Waals surface area contributed by atoms with Crippen LogP contribution in [0.15, 0.2) is 82.3 Å². The van der Waals surface area contributed by atoms with Crippen LogP contribution in [0.2, 0.25) is 0 Å². The van der Waals surface area contributed by atoms with Gasteiger partial charge in [0, 0.05) is 28.8 Å². The van der Waals surface area contributed by atoms with Gasteiger partial charge in [0.15, 0.2) is 0 Å².